The molecule has 0 unspecified atom stereocenters. The first-order chi connectivity index (χ1) is 12.1. The average molecular weight is 537 g/mol. The molecule has 0 aliphatic heterocycles. The van der Waals surface area contributed by atoms with Crippen molar-refractivity contribution in [3.05, 3.63) is 90.8 Å². The summed E-state index contributed by atoms with van der Waals surface area (Å²) in [6.45, 7) is 2.22. The zero-order valence-electron chi connectivity index (χ0n) is 14.7. The number of hydrogen-bond acceptors (Lipinski definition) is 0. The van der Waals surface area contributed by atoms with Crippen molar-refractivity contribution in [3.63, 3.8) is 0 Å². The molecule has 2 aromatic heterocycles. The number of aryl methyl sites for hydroxylation is 1. The second-order valence-corrected chi connectivity index (χ2v) is 12.3. The Hall–Kier alpha value is -1.19. The van der Waals surface area contributed by atoms with Gasteiger partial charge >= 0.3 is 156 Å². The van der Waals surface area contributed by atoms with Gasteiger partial charge in [0.15, 0.2) is 0 Å². The summed E-state index contributed by atoms with van der Waals surface area (Å²) in [7, 11) is 2.15. The summed E-state index contributed by atoms with van der Waals surface area (Å²) < 4.78 is 4.63. The van der Waals surface area contributed by atoms with Crippen LogP contribution in [0.4, 0.5) is 0 Å². The molecule has 2 aromatic carbocycles. The topological polar surface area (TPSA) is 9.03 Å². The van der Waals surface area contributed by atoms with E-state index in [1.165, 1.54) is 27.4 Å². The molecular formula is C21H20IN2PSe. The third-order valence-corrected chi connectivity index (χ3v) is 11.7. The maximum absolute atomic E-state index is 3.66. The zero-order chi connectivity index (χ0) is 17.4. The fraction of sp³-hybridized carbons (Fsp3) is 0.0952. The third kappa shape index (κ3) is 3.03. The fourth-order valence-corrected chi connectivity index (χ4v) is 9.40. The first-order valence-corrected chi connectivity index (χ1v) is 12.3. The molecule has 26 heavy (non-hydrogen) atoms. The van der Waals surface area contributed by atoms with Crippen molar-refractivity contribution in [2.24, 2.45) is 7.05 Å². The van der Waals surface area contributed by atoms with Crippen LogP contribution in [0.2, 0.25) is 0 Å². The van der Waals surface area contributed by atoms with Crippen LogP contribution in [0, 0.1) is 6.92 Å². The average Bonchev–Trinajstić information content (AvgIpc) is 2.94. The quantitative estimate of drug-likeness (QED) is 0.144. The van der Waals surface area contributed by atoms with E-state index in [0.717, 1.165) is 0 Å². The van der Waals surface area contributed by atoms with Gasteiger partial charge in [-0.05, 0) is 0 Å². The Bertz CT molecular complexity index is 1050. The molecule has 4 rings (SSSR count). The Balaban J connectivity index is 0.00000196. The Morgan fingerprint density at radius 3 is 1.85 bits per heavy atom. The molecule has 5 heteroatoms. The van der Waals surface area contributed by atoms with Gasteiger partial charge in [-0.3, -0.25) is 0 Å². The van der Waals surface area contributed by atoms with Crippen LogP contribution >= 0.6 is 5.51 Å². The predicted octanol–water partition coefficient (Wildman–Crippen LogP) is -0.546. The number of fused-ring (bicyclic) bond motifs is 1. The van der Waals surface area contributed by atoms with Gasteiger partial charge in [0, 0.05) is 0 Å². The molecular weight excluding hydrogens is 517 g/mol. The minimum absolute atomic E-state index is 0. The summed E-state index contributed by atoms with van der Waals surface area (Å²) in [6.07, 6.45) is 2.18. The second-order valence-electron chi connectivity index (χ2n) is 6.18. The predicted molar refractivity (Wildman–Crippen MR) is 108 cm³/mol. The maximum Gasteiger partial charge on any atom is -1.00 e. The number of pyridine rings is 1. The Labute approximate surface area is 179 Å². The normalized spacial score (nSPS) is 11.3. The molecule has 0 aliphatic carbocycles. The molecule has 2 nitrogen and oxygen atoms in total. The zero-order valence-corrected chi connectivity index (χ0v) is 19.5. The summed E-state index contributed by atoms with van der Waals surface area (Å²) in [5, 5.41) is 2.71. The standard InChI is InChI=1S/C21H20N2PSe.HI/c1-17-21(23-16-10-9-15-20(23)22(17)2)24(25,18-11-5-3-6-12-18)19-13-7-4-8-14-19;/h3-16H,1-2H3;1H/q+1;/p-1. The van der Waals surface area contributed by atoms with E-state index in [-0.39, 0.29) is 24.0 Å². The van der Waals surface area contributed by atoms with E-state index in [1.807, 2.05) is 0 Å². The van der Waals surface area contributed by atoms with Crippen molar-refractivity contribution in [3.8, 4) is 0 Å². The summed E-state index contributed by atoms with van der Waals surface area (Å²) in [4.78, 5) is 0. The van der Waals surface area contributed by atoms with E-state index >= 15 is 0 Å². The molecule has 0 atom stereocenters. The van der Waals surface area contributed by atoms with Gasteiger partial charge in [-0.25, -0.2) is 0 Å². The van der Waals surface area contributed by atoms with Gasteiger partial charge in [0.05, 0.1) is 0 Å². The Kier molecular flexibility index (Phi) is 5.88. The van der Waals surface area contributed by atoms with Crippen LogP contribution in [-0.2, 0) is 7.05 Å². The molecule has 0 N–H and O–H groups in total. The maximum atomic E-state index is 3.66. The van der Waals surface area contributed by atoms with Crippen molar-refractivity contribution >= 4 is 42.3 Å². The number of rotatable bonds is 3. The number of hydrogen-bond donors (Lipinski definition) is 0. The van der Waals surface area contributed by atoms with E-state index in [2.05, 4.69) is 123 Å². The molecule has 132 valence electrons. The van der Waals surface area contributed by atoms with Gasteiger partial charge < -0.3 is 24.0 Å². The molecule has 0 aliphatic rings. The molecule has 0 spiro atoms. The number of aromatic nitrogens is 2. The molecule has 4 aromatic rings. The van der Waals surface area contributed by atoms with Crippen molar-refractivity contribution in [1.82, 2.24) is 4.57 Å². The van der Waals surface area contributed by atoms with Crippen LogP contribution in [0.5, 0.6) is 0 Å². The molecule has 2 heterocycles. The van der Waals surface area contributed by atoms with Crippen molar-refractivity contribution < 1.29 is 28.4 Å². The monoisotopic (exact) mass is 538 g/mol. The van der Waals surface area contributed by atoms with Crippen molar-refractivity contribution in [2.75, 3.05) is 0 Å². The molecule has 0 bridgehead atoms. The fourth-order valence-electron chi connectivity index (χ4n) is 3.43. The Morgan fingerprint density at radius 1 is 0.808 bits per heavy atom. The second kappa shape index (κ2) is 7.82. The summed E-state index contributed by atoms with van der Waals surface area (Å²) in [5.41, 5.74) is 2.00. The molecule has 0 fully saturated rings. The minimum atomic E-state index is -1.87. The van der Waals surface area contributed by atoms with E-state index < -0.39 is 5.51 Å². The SMILES string of the molecule is Cc1c(P(=[Se])(c2ccccc2)c2ccccc2)[n+]2ccccc2n1C.[I-]. The van der Waals surface area contributed by atoms with E-state index in [1.54, 1.807) is 0 Å². The van der Waals surface area contributed by atoms with E-state index in [0.29, 0.717) is 0 Å². The van der Waals surface area contributed by atoms with Gasteiger partial charge in [-0.2, -0.15) is 0 Å². The summed E-state index contributed by atoms with van der Waals surface area (Å²) in [5.74, 6) is 0. The number of imidazole rings is 1. The van der Waals surface area contributed by atoms with Crippen LogP contribution in [0.15, 0.2) is 85.1 Å². The van der Waals surface area contributed by atoms with Crippen LogP contribution in [-0.4, -0.2) is 19.7 Å². The van der Waals surface area contributed by atoms with Gasteiger partial charge in [-0.15, -0.1) is 0 Å². The Morgan fingerprint density at radius 2 is 1.31 bits per heavy atom. The molecule has 0 radical (unpaired) electrons. The van der Waals surface area contributed by atoms with Gasteiger partial charge in [0.25, 0.3) is 0 Å². The summed E-state index contributed by atoms with van der Waals surface area (Å²) >= 11 is 3.66. The minimum Gasteiger partial charge on any atom is -1.00 e. The largest absolute Gasteiger partial charge is 1.00 e. The number of nitrogens with zero attached hydrogens (tertiary/aromatic N) is 2. The molecule has 0 saturated heterocycles. The van der Waals surface area contributed by atoms with Gasteiger partial charge in [0.1, 0.15) is 0 Å². The molecule has 0 saturated carbocycles. The van der Waals surface area contributed by atoms with Gasteiger partial charge in [-0.1, -0.05) is 0 Å². The van der Waals surface area contributed by atoms with Crippen molar-refractivity contribution in [2.45, 2.75) is 6.92 Å². The van der Waals surface area contributed by atoms with Crippen molar-refractivity contribution in [1.29, 1.82) is 0 Å². The summed E-state index contributed by atoms with van der Waals surface area (Å²) in [6, 6.07) is 28.1. The third-order valence-electron chi connectivity index (χ3n) is 4.77. The first-order valence-electron chi connectivity index (χ1n) is 8.31. The van der Waals surface area contributed by atoms with Crippen LogP contribution < -0.4 is 44.4 Å². The smallest absolute Gasteiger partial charge is 1.00 e. The van der Waals surface area contributed by atoms with Crippen LogP contribution in [0.3, 0.4) is 0 Å². The molecule has 0 amide bonds. The van der Waals surface area contributed by atoms with Crippen LogP contribution in [0.25, 0.3) is 5.65 Å². The number of halogens is 1. The number of benzene rings is 2. The van der Waals surface area contributed by atoms with Crippen LogP contribution in [0.1, 0.15) is 5.69 Å². The van der Waals surface area contributed by atoms with Gasteiger partial charge in [0.2, 0.25) is 0 Å². The first kappa shape index (κ1) is 19.6. The van der Waals surface area contributed by atoms with E-state index in [9.17, 15) is 0 Å². The van der Waals surface area contributed by atoms with E-state index in [4.69, 9.17) is 0 Å².